The van der Waals surface area contributed by atoms with E-state index in [0.717, 1.165) is 5.57 Å². The van der Waals surface area contributed by atoms with Gasteiger partial charge in [-0.1, -0.05) is 18.4 Å². The third-order valence-corrected chi connectivity index (χ3v) is 0.654. The number of isothiocyanates is 1. The van der Waals surface area contributed by atoms with Crippen molar-refractivity contribution in [1.29, 1.82) is 0 Å². The highest BCUT2D eigenvalue weighted by atomic mass is 32.1. The fourth-order valence-electron chi connectivity index (χ4n) is 0.262. The SMILES string of the molecule is C=C(C)C#CCN=C=S. The summed E-state index contributed by atoms with van der Waals surface area (Å²) in [6.45, 7) is 5.86. The Hall–Kier alpha value is -0.900. The summed E-state index contributed by atoms with van der Waals surface area (Å²) >= 11 is 4.32. The lowest BCUT2D eigenvalue weighted by Gasteiger charge is -1.74. The Morgan fingerprint density at radius 2 is 2.44 bits per heavy atom. The van der Waals surface area contributed by atoms with Crippen LogP contribution in [-0.2, 0) is 0 Å². The second-order valence-corrected chi connectivity index (χ2v) is 1.67. The molecule has 0 radical (unpaired) electrons. The number of thiocarbonyl (C=S) groups is 1. The lowest BCUT2D eigenvalue weighted by atomic mass is 10.3. The van der Waals surface area contributed by atoms with Gasteiger partial charge in [-0.3, -0.25) is 0 Å². The van der Waals surface area contributed by atoms with E-state index in [0.29, 0.717) is 6.54 Å². The van der Waals surface area contributed by atoms with E-state index in [1.54, 1.807) is 0 Å². The minimum absolute atomic E-state index is 0.427. The van der Waals surface area contributed by atoms with Gasteiger partial charge in [0.2, 0.25) is 0 Å². The monoisotopic (exact) mass is 137 g/mol. The molecule has 0 aromatic heterocycles. The van der Waals surface area contributed by atoms with Crippen molar-refractivity contribution in [1.82, 2.24) is 0 Å². The highest BCUT2D eigenvalue weighted by Gasteiger charge is 1.68. The molecule has 46 valence electrons. The molecule has 0 aromatic rings. The van der Waals surface area contributed by atoms with Crippen molar-refractivity contribution in [2.24, 2.45) is 4.99 Å². The Labute approximate surface area is 60.5 Å². The third kappa shape index (κ3) is 7.10. The molecular weight excluding hydrogens is 130 g/mol. The van der Waals surface area contributed by atoms with E-state index in [-0.39, 0.29) is 0 Å². The molecule has 0 bridgehead atoms. The molecule has 0 amide bonds. The number of hydrogen-bond donors (Lipinski definition) is 0. The van der Waals surface area contributed by atoms with Gasteiger partial charge in [-0.25, -0.2) is 4.99 Å². The highest BCUT2D eigenvalue weighted by molar-refractivity contribution is 7.78. The molecule has 2 heteroatoms. The van der Waals surface area contributed by atoms with Gasteiger partial charge >= 0.3 is 0 Å². The van der Waals surface area contributed by atoms with Crippen molar-refractivity contribution in [3.8, 4) is 11.8 Å². The molecule has 0 aliphatic carbocycles. The maximum atomic E-state index is 4.32. The van der Waals surface area contributed by atoms with Gasteiger partial charge in [0.25, 0.3) is 0 Å². The van der Waals surface area contributed by atoms with Gasteiger partial charge in [0, 0.05) is 0 Å². The van der Waals surface area contributed by atoms with E-state index in [9.17, 15) is 0 Å². The highest BCUT2D eigenvalue weighted by Crippen LogP contribution is 1.78. The quantitative estimate of drug-likeness (QED) is 0.304. The first-order chi connectivity index (χ1) is 4.27. The van der Waals surface area contributed by atoms with Gasteiger partial charge in [-0.05, 0) is 24.7 Å². The van der Waals surface area contributed by atoms with E-state index in [1.807, 2.05) is 6.92 Å². The normalized spacial score (nSPS) is 6.33. The first-order valence-corrected chi connectivity index (χ1v) is 2.86. The summed E-state index contributed by atoms with van der Waals surface area (Å²) in [5.74, 6) is 5.50. The van der Waals surface area contributed by atoms with Gasteiger partial charge < -0.3 is 0 Å². The van der Waals surface area contributed by atoms with Crippen LogP contribution in [0.15, 0.2) is 17.1 Å². The predicted molar refractivity (Wildman–Crippen MR) is 42.5 cm³/mol. The van der Waals surface area contributed by atoms with Gasteiger partial charge in [-0.2, -0.15) is 0 Å². The van der Waals surface area contributed by atoms with Crippen molar-refractivity contribution in [2.75, 3.05) is 6.54 Å². The number of nitrogens with zero attached hydrogens (tertiary/aromatic N) is 1. The Bertz CT molecular complexity index is 201. The minimum atomic E-state index is 0.427. The summed E-state index contributed by atoms with van der Waals surface area (Å²) in [6.07, 6.45) is 0. The van der Waals surface area contributed by atoms with E-state index in [2.05, 4.69) is 40.8 Å². The van der Waals surface area contributed by atoms with Crippen LogP contribution in [-0.4, -0.2) is 11.7 Å². The second-order valence-electron chi connectivity index (χ2n) is 1.49. The van der Waals surface area contributed by atoms with Crippen molar-refractivity contribution >= 4 is 17.4 Å². The molecule has 0 rings (SSSR count). The van der Waals surface area contributed by atoms with Crippen LogP contribution in [0.4, 0.5) is 0 Å². The van der Waals surface area contributed by atoms with E-state index >= 15 is 0 Å². The van der Waals surface area contributed by atoms with Gasteiger partial charge in [0.15, 0.2) is 0 Å². The Kier molecular flexibility index (Phi) is 4.72. The molecule has 0 heterocycles. The van der Waals surface area contributed by atoms with Crippen molar-refractivity contribution in [3.05, 3.63) is 12.2 Å². The lowest BCUT2D eigenvalue weighted by Crippen LogP contribution is -1.69. The van der Waals surface area contributed by atoms with Crippen LogP contribution in [0.1, 0.15) is 6.92 Å². The summed E-state index contributed by atoms with van der Waals surface area (Å²) < 4.78 is 0. The Balaban J connectivity index is 3.63. The van der Waals surface area contributed by atoms with Crippen molar-refractivity contribution < 1.29 is 0 Å². The molecule has 0 aliphatic rings. The Morgan fingerprint density at radius 3 is 2.89 bits per heavy atom. The maximum absolute atomic E-state index is 4.32. The molecular formula is C7H7NS. The molecule has 1 nitrogen and oxygen atoms in total. The van der Waals surface area contributed by atoms with Crippen LogP contribution in [0.25, 0.3) is 0 Å². The first-order valence-electron chi connectivity index (χ1n) is 2.45. The minimum Gasteiger partial charge on any atom is -0.219 e. The fraction of sp³-hybridized carbons (Fsp3) is 0.286. The summed E-state index contributed by atoms with van der Waals surface area (Å²) in [5.41, 5.74) is 0.842. The third-order valence-electron chi connectivity index (χ3n) is 0.524. The zero-order chi connectivity index (χ0) is 7.11. The summed E-state index contributed by atoms with van der Waals surface area (Å²) in [6, 6.07) is 0. The van der Waals surface area contributed by atoms with Crippen LogP contribution < -0.4 is 0 Å². The van der Waals surface area contributed by atoms with Crippen LogP contribution in [0.5, 0.6) is 0 Å². The Morgan fingerprint density at radius 1 is 1.78 bits per heavy atom. The van der Waals surface area contributed by atoms with E-state index in [1.165, 1.54) is 0 Å². The molecule has 0 fully saturated rings. The van der Waals surface area contributed by atoms with Gasteiger partial charge in [0.1, 0.15) is 6.54 Å². The van der Waals surface area contributed by atoms with Crippen LogP contribution >= 0.6 is 12.2 Å². The zero-order valence-electron chi connectivity index (χ0n) is 5.27. The lowest BCUT2D eigenvalue weighted by molar-refractivity contribution is 1.31. The molecule has 0 aromatic carbocycles. The van der Waals surface area contributed by atoms with Crippen LogP contribution in [0.3, 0.4) is 0 Å². The molecule has 0 aliphatic heterocycles. The van der Waals surface area contributed by atoms with Gasteiger partial charge in [0.05, 0.1) is 5.16 Å². The average molecular weight is 137 g/mol. The van der Waals surface area contributed by atoms with Crippen molar-refractivity contribution in [3.63, 3.8) is 0 Å². The first kappa shape index (κ1) is 8.10. The predicted octanol–water partition coefficient (Wildman–Crippen LogP) is 1.67. The number of hydrogen-bond acceptors (Lipinski definition) is 2. The van der Waals surface area contributed by atoms with Crippen LogP contribution in [0, 0.1) is 11.8 Å². The average Bonchev–Trinajstić information content (AvgIpc) is 1.80. The number of aliphatic imine (C=N–C) groups is 1. The maximum Gasteiger partial charge on any atom is 0.110 e. The topological polar surface area (TPSA) is 12.4 Å². The molecule has 0 N–H and O–H groups in total. The molecule has 0 atom stereocenters. The smallest absolute Gasteiger partial charge is 0.110 e. The largest absolute Gasteiger partial charge is 0.219 e. The summed E-state index contributed by atoms with van der Waals surface area (Å²) in [7, 11) is 0. The summed E-state index contributed by atoms with van der Waals surface area (Å²) in [4.78, 5) is 3.59. The fourth-order valence-corrected chi connectivity index (χ4v) is 0.327. The zero-order valence-corrected chi connectivity index (χ0v) is 6.09. The molecule has 9 heavy (non-hydrogen) atoms. The molecule has 0 saturated heterocycles. The number of rotatable bonds is 1. The van der Waals surface area contributed by atoms with E-state index < -0.39 is 0 Å². The van der Waals surface area contributed by atoms with Gasteiger partial charge in [-0.15, -0.1) is 0 Å². The van der Waals surface area contributed by atoms with Crippen molar-refractivity contribution in [2.45, 2.75) is 6.92 Å². The standard InChI is InChI=1S/C7H7NS/c1-7(2)4-3-5-8-6-9/h1,5H2,2H3. The number of allylic oxidation sites excluding steroid dienone is 1. The molecule has 0 saturated carbocycles. The summed E-state index contributed by atoms with van der Waals surface area (Å²) in [5, 5.41) is 2.22. The van der Waals surface area contributed by atoms with Crippen LogP contribution in [0.2, 0.25) is 0 Å². The molecule has 0 spiro atoms. The molecule has 0 unspecified atom stereocenters. The second kappa shape index (κ2) is 5.24. The van der Waals surface area contributed by atoms with E-state index in [4.69, 9.17) is 0 Å².